The lowest BCUT2D eigenvalue weighted by Gasteiger charge is -2.04. The molecule has 0 unspecified atom stereocenters. The zero-order chi connectivity index (χ0) is 11.5. The summed E-state index contributed by atoms with van der Waals surface area (Å²) in [4.78, 5) is 0. The van der Waals surface area contributed by atoms with Crippen LogP contribution in [-0.2, 0) is 6.54 Å². The van der Waals surface area contributed by atoms with E-state index in [9.17, 15) is 0 Å². The first-order valence-corrected chi connectivity index (χ1v) is 6.58. The summed E-state index contributed by atoms with van der Waals surface area (Å²) in [5.41, 5.74) is 1.20. The lowest BCUT2D eigenvalue weighted by molar-refractivity contribution is 0.414. The Bertz CT molecular complexity index is 481. The van der Waals surface area contributed by atoms with E-state index in [1.807, 2.05) is 35.0 Å². The van der Waals surface area contributed by atoms with Gasteiger partial charge in [0.2, 0.25) is 0 Å². The summed E-state index contributed by atoms with van der Waals surface area (Å²) >= 11 is 5.67. The molecule has 0 aliphatic carbocycles. The molecule has 1 aromatic heterocycles. The Morgan fingerprint density at radius 2 is 2.06 bits per heavy atom. The summed E-state index contributed by atoms with van der Waals surface area (Å²) in [6, 6.07) is 9.99. The van der Waals surface area contributed by atoms with E-state index in [1.165, 1.54) is 5.56 Å². The maximum atomic E-state index is 5.11. The molecule has 0 aliphatic rings. The second kappa shape index (κ2) is 5.18. The van der Waals surface area contributed by atoms with Crippen LogP contribution in [0.5, 0.6) is 5.75 Å². The molecule has 0 aliphatic heterocycles. The molecule has 0 radical (unpaired) electrons. The predicted molar refractivity (Wildman–Crippen MR) is 74.7 cm³/mol. The maximum Gasteiger partial charge on any atom is 0.124 e. The highest BCUT2D eigenvalue weighted by molar-refractivity contribution is 14.1. The molecule has 0 fully saturated rings. The van der Waals surface area contributed by atoms with Crippen LogP contribution in [0.25, 0.3) is 0 Å². The van der Waals surface area contributed by atoms with Gasteiger partial charge in [-0.1, -0.05) is 12.1 Å². The molecule has 0 saturated carbocycles. The van der Waals surface area contributed by atoms with Gasteiger partial charge in [0.25, 0.3) is 0 Å². The van der Waals surface area contributed by atoms with Crippen molar-refractivity contribution in [3.8, 4) is 5.75 Å². The molecular weight excluding hydrogens is 383 g/mol. The Kier molecular flexibility index (Phi) is 3.86. The van der Waals surface area contributed by atoms with E-state index in [1.54, 1.807) is 7.11 Å². The van der Waals surface area contributed by atoms with Gasteiger partial charge < -0.3 is 4.74 Å². The fourth-order valence-corrected chi connectivity index (χ4v) is 2.78. The summed E-state index contributed by atoms with van der Waals surface area (Å²) < 4.78 is 9.01. The molecule has 2 rings (SSSR count). The van der Waals surface area contributed by atoms with Gasteiger partial charge in [0.15, 0.2) is 0 Å². The molecule has 0 atom stereocenters. The second-order valence-electron chi connectivity index (χ2n) is 3.30. The van der Waals surface area contributed by atoms with Crippen molar-refractivity contribution in [2.45, 2.75) is 6.54 Å². The summed E-state index contributed by atoms with van der Waals surface area (Å²) in [6.07, 6.45) is 0. The van der Waals surface area contributed by atoms with Gasteiger partial charge in [-0.15, -0.1) is 0 Å². The molecule has 0 bridgehead atoms. The van der Waals surface area contributed by atoms with Crippen molar-refractivity contribution in [1.82, 2.24) is 9.78 Å². The lowest BCUT2D eigenvalue weighted by Crippen LogP contribution is -2.02. The van der Waals surface area contributed by atoms with Crippen LogP contribution >= 0.6 is 38.5 Å². The quantitative estimate of drug-likeness (QED) is 0.749. The number of benzene rings is 1. The van der Waals surface area contributed by atoms with Gasteiger partial charge in [0, 0.05) is 6.07 Å². The van der Waals surface area contributed by atoms with Crippen LogP contribution < -0.4 is 4.74 Å². The maximum absolute atomic E-state index is 5.11. The molecule has 0 amide bonds. The van der Waals surface area contributed by atoms with Crippen molar-refractivity contribution in [2.24, 2.45) is 0 Å². The van der Waals surface area contributed by atoms with Gasteiger partial charge in [-0.25, -0.2) is 0 Å². The third-order valence-electron chi connectivity index (χ3n) is 2.19. The number of hydrogen-bond donors (Lipinski definition) is 0. The molecule has 0 N–H and O–H groups in total. The smallest absolute Gasteiger partial charge is 0.124 e. The molecule has 84 valence electrons. The second-order valence-corrected chi connectivity index (χ2v) is 5.21. The first-order valence-electron chi connectivity index (χ1n) is 4.71. The zero-order valence-corrected chi connectivity index (χ0v) is 12.4. The van der Waals surface area contributed by atoms with E-state index in [-0.39, 0.29) is 0 Å². The average Bonchev–Trinajstić information content (AvgIpc) is 2.59. The average molecular weight is 393 g/mol. The Labute approximate surface area is 116 Å². The van der Waals surface area contributed by atoms with Crippen molar-refractivity contribution in [2.75, 3.05) is 7.11 Å². The number of rotatable bonds is 3. The van der Waals surface area contributed by atoms with Crippen molar-refractivity contribution < 1.29 is 4.74 Å². The van der Waals surface area contributed by atoms with Crippen molar-refractivity contribution in [3.05, 3.63) is 44.2 Å². The van der Waals surface area contributed by atoms with Gasteiger partial charge in [0.1, 0.15) is 14.1 Å². The number of halogens is 2. The first kappa shape index (κ1) is 11.9. The Balaban J connectivity index is 2.17. The van der Waals surface area contributed by atoms with Gasteiger partial charge in [-0.2, -0.15) is 5.10 Å². The first-order chi connectivity index (χ1) is 7.69. The van der Waals surface area contributed by atoms with Gasteiger partial charge >= 0.3 is 0 Å². The molecule has 1 heterocycles. The molecule has 3 nitrogen and oxygen atoms in total. The highest BCUT2D eigenvalue weighted by Gasteiger charge is 2.03. The van der Waals surface area contributed by atoms with E-state index in [2.05, 4.69) is 43.6 Å². The summed E-state index contributed by atoms with van der Waals surface area (Å²) in [6.45, 7) is 0.758. The van der Waals surface area contributed by atoms with E-state index in [0.717, 1.165) is 20.6 Å². The van der Waals surface area contributed by atoms with Crippen LogP contribution in [0.3, 0.4) is 0 Å². The minimum Gasteiger partial charge on any atom is -0.497 e. The van der Waals surface area contributed by atoms with E-state index in [4.69, 9.17) is 4.74 Å². The summed E-state index contributed by atoms with van der Waals surface area (Å²) in [5.74, 6) is 0.873. The Morgan fingerprint density at radius 1 is 1.38 bits per heavy atom. The standard InChI is InChI=1S/C11H10BrIN2O/c1-16-9-4-2-8(3-5-9)7-15-10(12)6-11(13)14-15/h2-6H,7H2,1H3. The van der Waals surface area contributed by atoms with E-state index >= 15 is 0 Å². The normalized spacial score (nSPS) is 10.4. The number of methoxy groups -OCH3 is 1. The van der Waals surface area contributed by atoms with Crippen molar-refractivity contribution in [1.29, 1.82) is 0 Å². The number of hydrogen-bond acceptors (Lipinski definition) is 2. The zero-order valence-electron chi connectivity index (χ0n) is 8.65. The molecule has 2 aromatic rings. The molecule has 1 aromatic carbocycles. The van der Waals surface area contributed by atoms with E-state index < -0.39 is 0 Å². The summed E-state index contributed by atoms with van der Waals surface area (Å²) in [5, 5.41) is 4.37. The molecule has 16 heavy (non-hydrogen) atoms. The minimum absolute atomic E-state index is 0.758. The third kappa shape index (κ3) is 2.76. The van der Waals surface area contributed by atoms with Crippen LogP contribution in [-0.4, -0.2) is 16.9 Å². The minimum atomic E-state index is 0.758. The number of nitrogens with zero attached hydrogens (tertiary/aromatic N) is 2. The van der Waals surface area contributed by atoms with Crippen molar-refractivity contribution in [3.63, 3.8) is 0 Å². The SMILES string of the molecule is COc1ccc(Cn2nc(I)cc2Br)cc1. The topological polar surface area (TPSA) is 27.1 Å². The number of ether oxygens (including phenoxy) is 1. The monoisotopic (exact) mass is 392 g/mol. The van der Waals surface area contributed by atoms with Gasteiger partial charge in [-0.3, -0.25) is 4.68 Å². The molecule has 5 heteroatoms. The highest BCUT2D eigenvalue weighted by Crippen LogP contribution is 2.17. The molecular formula is C11H10BrIN2O. The predicted octanol–water partition coefficient (Wildman–Crippen LogP) is 3.31. The van der Waals surface area contributed by atoms with Crippen LogP contribution in [0.15, 0.2) is 34.9 Å². The van der Waals surface area contributed by atoms with Gasteiger partial charge in [-0.05, 0) is 56.2 Å². The van der Waals surface area contributed by atoms with Crippen LogP contribution in [0.2, 0.25) is 0 Å². The Morgan fingerprint density at radius 3 is 2.56 bits per heavy atom. The molecule has 0 saturated heterocycles. The largest absolute Gasteiger partial charge is 0.497 e. The highest BCUT2D eigenvalue weighted by atomic mass is 127. The van der Waals surface area contributed by atoms with Crippen LogP contribution in [0, 0.1) is 3.70 Å². The summed E-state index contributed by atoms with van der Waals surface area (Å²) in [7, 11) is 1.67. The lowest BCUT2D eigenvalue weighted by atomic mass is 10.2. The Hall–Kier alpha value is -0.560. The fraction of sp³-hybridized carbons (Fsp3) is 0.182. The van der Waals surface area contributed by atoms with E-state index in [0.29, 0.717) is 0 Å². The third-order valence-corrected chi connectivity index (χ3v) is 3.36. The van der Waals surface area contributed by atoms with Crippen LogP contribution in [0.1, 0.15) is 5.56 Å². The number of aromatic nitrogens is 2. The fourth-order valence-electron chi connectivity index (χ4n) is 1.38. The van der Waals surface area contributed by atoms with Gasteiger partial charge in [0.05, 0.1) is 13.7 Å². The van der Waals surface area contributed by atoms with Crippen molar-refractivity contribution >= 4 is 38.5 Å². The van der Waals surface area contributed by atoms with Crippen LogP contribution in [0.4, 0.5) is 0 Å². The molecule has 0 spiro atoms.